The molecule has 1 aliphatic carbocycles. The van der Waals surface area contributed by atoms with E-state index in [1.807, 2.05) is 0 Å². The van der Waals surface area contributed by atoms with Crippen molar-refractivity contribution in [1.29, 1.82) is 0 Å². The molecule has 1 aliphatic rings. The van der Waals surface area contributed by atoms with E-state index in [9.17, 15) is 4.79 Å². The van der Waals surface area contributed by atoms with Gasteiger partial charge in [0.1, 0.15) is 0 Å². The van der Waals surface area contributed by atoms with E-state index in [0.717, 1.165) is 12.8 Å². The summed E-state index contributed by atoms with van der Waals surface area (Å²) in [6.45, 7) is 1.40. The Morgan fingerprint density at radius 3 is 2.92 bits per heavy atom. The molecule has 12 heavy (non-hydrogen) atoms. The lowest BCUT2D eigenvalue weighted by atomic mass is 10.4. The average molecular weight is 167 g/mol. The Balaban J connectivity index is 2.07. The van der Waals surface area contributed by atoms with Crippen LogP contribution in [-0.4, -0.2) is 16.1 Å². The first-order valence-electron chi connectivity index (χ1n) is 3.86. The van der Waals surface area contributed by atoms with Crippen molar-refractivity contribution in [2.45, 2.75) is 25.7 Å². The van der Waals surface area contributed by atoms with Gasteiger partial charge in [0.25, 0.3) is 0 Å². The van der Waals surface area contributed by atoms with Gasteiger partial charge in [-0.05, 0) is 12.8 Å². The molecule has 1 N–H and O–H groups in total. The Morgan fingerprint density at radius 1 is 1.58 bits per heavy atom. The van der Waals surface area contributed by atoms with Crippen molar-refractivity contribution < 1.29 is 9.21 Å². The number of anilines is 1. The molecule has 1 fully saturated rings. The van der Waals surface area contributed by atoms with Gasteiger partial charge in [0, 0.05) is 12.8 Å². The van der Waals surface area contributed by atoms with Crippen molar-refractivity contribution in [2.24, 2.45) is 0 Å². The third-order valence-corrected chi connectivity index (χ3v) is 1.65. The highest BCUT2D eigenvalue weighted by Crippen LogP contribution is 2.39. The molecule has 1 aromatic heterocycles. The summed E-state index contributed by atoms with van der Waals surface area (Å²) in [5.74, 6) is 0.875. The summed E-state index contributed by atoms with van der Waals surface area (Å²) in [6, 6.07) is 0.199. The third kappa shape index (κ3) is 1.44. The summed E-state index contributed by atoms with van der Waals surface area (Å²) >= 11 is 0. The number of aromatic nitrogens is 2. The van der Waals surface area contributed by atoms with E-state index in [1.54, 1.807) is 0 Å². The molecule has 5 heteroatoms. The van der Waals surface area contributed by atoms with E-state index in [-0.39, 0.29) is 11.9 Å². The highest BCUT2D eigenvalue weighted by molar-refractivity contribution is 5.86. The van der Waals surface area contributed by atoms with E-state index in [4.69, 9.17) is 4.42 Å². The van der Waals surface area contributed by atoms with E-state index < -0.39 is 0 Å². The summed E-state index contributed by atoms with van der Waals surface area (Å²) in [4.78, 5) is 10.6. The maximum absolute atomic E-state index is 10.6. The highest BCUT2D eigenvalue weighted by Gasteiger charge is 2.29. The van der Waals surface area contributed by atoms with Crippen molar-refractivity contribution in [3.05, 3.63) is 5.89 Å². The first-order chi connectivity index (χ1) is 5.75. The monoisotopic (exact) mass is 167 g/mol. The zero-order valence-electron chi connectivity index (χ0n) is 6.70. The topological polar surface area (TPSA) is 68.0 Å². The molecule has 0 radical (unpaired) electrons. The van der Waals surface area contributed by atoms with Crippen LogP contribution in [0.15, 0.2) is 4.42 Å². The Bertz CT molecular complexity index is 303. The fraction of sp³-hybridized carbons (Fsp3) is 0.571. The van der Waals surface area contributed by atoms with Gasteiger partial charge in [0.05, 0.1) is 0 Å². The predicted octanol–water partition coefficient (Wildman–Crippen LogP) is 0.905. The van der Waals surface area contributed by atoms with Crippen LogP contribution in [0.4, 0.5) is 6.01 Å². The molecule has 0 saturated heterocycles. The Labute approximate surface area is 69.2 Å². The van der Waals surface area contributed by atoms with Crippen LogP contribution in [0.25, 0.3) is 0 Å². The van der Waals surface area contributed by atoms with E-state index >= 15 is 0 Å². The Kier molecular flexibility index (Phi) is 1.56. The maximum atomic E-state index is 10.6. The molecule has 0 aliphatic heterocycles. The molecule has 1 aromatic rings. The van der Waals surface area contributed by atoms with Gasteiger partial charge in [-0.3, -0.25) is 10.1 Å². The van der Waals surface area contributed by atoms with Gasteiger partial charge in [0.15, 0.2) is 0 Å². The number of nitrogens with one attached hydrogen (secondary N) is 1. The number of carbonyl (C=O) groups excluding carboxylic acids is 1. The molecule has 0 bridgehead atoms. The molecule has 1 amide bonds. The Hall–Kier alpha value is -1.39. The summed E-state index contributed by atoms with van der Waals surface area (Å²) in [5, 5.41) is 9.90. The molecule has 5 nitrogen and oxygen atoms in total. The predicted molar refractivity (Wildman–Crippen MR) is 40.6 cm³/mol. The lowest BCUT2D eigenvalue weighted by Gasteiger charge is -1.90. The van der Waals surface area contributed by atoms with E-state index in [1.165, 1.54) is 6.92 Å². The lowest BCUT2D eigenvalue weighted by Crippen LogP contribution is -2.05. The summed E-state index contributed by atoms with van der Waals surface area (Å²) < 4.78 is 5.16. The van der Waals surface area contributed by atoms with Crippen LogP contribution in [0.3, 0.4) is 0 Å². The van der Waals surface area contributed by atoms with Gasteiger partial charge < -0.3 is 4.42 Å². The number of nitrogens with zero attached hydrogens (tertiary/aromatic N) is 2. The lowest BCUT2D eigenvalue weighted by molar-refractivity contribution is -0.114. The maximum Gasteiger partial charge on any atom is 0.322 e. The quantitative estimate of drug-likeness (QED) is 0.710. The van der Waals surface area contributed by atoms with Crippen molar-refractivity contribution in [2.75, 3.05) is 5.32 Å². The number of carbonyl (C=O) groups is 1. The average Bonchev–Trinajstić information content (AvgIpc) is 2.73. The molecule has 2 rings (SSSR count). The zero-order valence-corrected chi connectivity index (χ0v) is 6.70. The van der Waals surface area contributed by atoms with E-state index in [2.05, 4.69) is 15.5 Å². The van der Waals surface area contributed by atoms with Crippen molar-refractivity contribution in [3.8, 4) is 0 Å². The van der Waals surface area contributed by atoms with Crippen LogP contribution in [0.1, 0.15) is 31.6 Å². The molecule has 0 atom stereocenters. The summed E-state index contributed by atoms with van der Waals surface area (Å²) in [5.41, 5.74) is 0. The fourth-order valence-electron chi connectivity index (χ4n) is 0.931. The molecule has 0 spiro atoms. The molecular formula is C7H9N3O2. The van der Waals surface area contributed by atoms with Gasteiger partial charge in [-0.25, -0.2) is 0 Å². The standard InChI is InChI=1S/C7H9N3O2/c1-4(11)8-7-10-9-6(12-7)5-2-3-5/h5H,2-3H2,1H3,(H,8,10,11). The smallest absolute Gasteiger partial charge is 0.322 e. The van der Waals surface area contributed by atoms with Gasteiger partial charge in [-0.1, -0.05) is 5.10 Å². The van der Waals surface area contributed by atoms with Gasteiger partial charge in [-0.15, -0.1) is 5.10 Å². The van der Waals surface area contributed by atoms with Gasteiger partial charge in [-0.2, -0.15) is 0 Å². The number of amides is 1. The van der Waals surface area contributed by atoms with Crippen LogP contribution in [-0.2, 0) is 4.79 Å². The first-order valence-corrected chi connectivity index (χ1v) is 3.86. The van der Waals surface area contributed by atoms with Crippen molar-refractivity contribution in [3.63, 3.8) is 0 Å². The minimum absolute atomic E-state index is 0.194. The minimum Gasteiger partial charge on any atom is -0.408 e. The van der Waals surface area contributed by atoms with Crippen molar-refractivity contribution in [1.82, 2.24) is 10.2 Å². The molecular weight excluding hydrogens is 158 g/mol. The molecule has 1 heterocycles. The molecule has 0 aromatic carbocycles. The van der Waals surface area contributed by atoms with Crippen molar-refractivity contribution >= 4 is 11.9 Å². The van der Waals surface area contributed by atoms with Gasteiger partial charge >= 0.3 is 6.01 Å². The van der Waals surface area contributed by atoms with Crippen LogP contribution >= 0.6 is 0 Å². The van der Waals surface area contributed by atoms with E-state index in [0.29, 0.717) is 11.8 Å². The normalized spacial score (nSPS) is 16.1. The molecule has 0 unspecified atom stereocenters. The SMILES string of the molecule is CC(=O)Nc1nnc(C2CC2)o1. The second kappa shape index (κ2) is 2.58. The van der Waals surface area contributed by atoms with Crippen LogP contribution in [0, 0.1) is 0 Å². The summed E-state index contributed by atoms with van der Waals surface area (Å²) in [6.07, 6.45) is 2.23. The number of hydrogen-bond acceptors (Lipinski definition) is 4. The first kappa shape index (κ1) is 7.27. The third-order valence-electron chi connectivity index (χ3n) is 1.65. The molecule has 64 valence electrons. The zero-order chi connectivity index (χ0) is 8.55. The van der Waals surface area contributed by atoms with Crippen LogP contribution in [0.2, 0.25) is 0 Å². The van der Waals surface area contributed by atoms with Crippen LogP contribution in [0.5, 0.6) is 0 Å². The van der Waals surface area contributed by atoms with Crippen LogP contribution < -0.4 is 5.32 Å². The van der Waals surface area contributed by atoms with Gasteiger partial charge in [0.2, 0.25) is 11.8 Å². The fourth-order valence-corrected chi connectivity index (χ4v) is 0.931. The minimum atomic E-state index is -0.194. The number of rotatable bonds is 2. The second-order valence-electron chi connectivity index (χ2n) is 2.90. The molecule has 1 saturated carbocycles. The summed E-state index contributed by atoms with van der Waals surface area (Å²) in [7, 11) is 0. The highest BCUT2D eigenvalue weighted by atomic mass is 16.4. The number of hydrogen-bond donors (Lipinski definition) is 1. The second-order valence-corrected chi connectivity index (χ2v) is 2.90. The Morgan fingerprint density at radius 2 is 2.33 bits per heavy atom. The largest absolute Gasteiger partial charge is 0.408 e.